The van der Waals surface area contributed by atoms with Crippen LogP contribution in [0.2, 0.25) is 0 Å². The number of methoxy groups -OCH3 is 1. The van der Waals surface area contributed by atoms with Crippen molar-refractivity contribution >= 4 is 17.3 Å². The normalized spacial score (nSPS) is 10.2. The van der Waals surface area contributed by atoms with Crippen LogP contribution in [0.1, 0.15) is 21.8 Å². The molecular weight excluding hydrogens is 278 g/mol. The van der Waals surface area contributed by atoms with Gasteiger partial charge in [0.25, 0.3) is 0 Å². The molecule has 0 unspecified atom stereocenters. The minimum absolute atomic E-state index is 0.314. The molecule has 0 aliphatic carbocycles. The predicted molar refractivity (Wildman–Crippen MR) is 75.9 cm³/mol. The van der Waals surface area contributed by atoms with Crippen LogP contribution in [-0.4, -0.2) is 29.8 Å². The van der Waals surface area contributed by atoms with Gasteiger partial charge in [0.05, 0.1) is 24.9 Å². The molecule has 0 saturated heterocycles. The molecule has 0 fully saturated rings. The fourth-order valence-electron chi connectivity index (χ4n) is 1.72. The lowest BCUT2D eigenvalue weighted by Crippen LogP contribution is -2.03. The van der Waals surface area contributed by atoms with Gasteiger partial charge in [-0.15, -0.1) is 11.3 Å². The van der Waals surface area contributed by atoms with E-state index in [9.17, 15) is 4.79 Å². The van der Waals surface area contributed by atoms with Gasteiger partial charge < -0.3 is 14.6 Å². The Hall–Kier alpha value is -2.08. The number of rotatable bonds is 7. The second-order valence-electron chi connectivity index (χ2n) is 4.06. The van der Waals surface area contributed by atoms with E-state index in [0.29, 0.717) is 23.6 Å². The first-order valence-corrected chi connectivity index (χ1v) is 7.01. The van der Waals surface area contributed by atoms with Gasteiger partial charge in [0.1, 0.15) is 16.4 Å². The summed E-state index contributed by atoms with van der Waals surface area (Å²) in [7, 11) is 1.61. The minimum atomic E-state index is -0.918. The highest BCUT2D eigenvalue weighted by molar-refractivity contribution is 7.11. The first-order chi connectivity index (χ1) is 9.70. The van der Waals surface area contributed by atoms with Crippen LogP contribution in [0.4, 0.5) is 0 Å². The highest BCUT2D eigenvalue weighted by atomic mass is 32.1. The number of aromatic nitrogens is 1. The summed E-state index contributed by atoms with van der Waals surface area (Å²) in [6, 6.07) is 7.34. The smallest absolute Gasteiger partial charge is 0.347 e. The van der Waals surface area contributed by atoms with Crippen LogP contribution in [0.5, 0.6) is 11.5 Å². The Morgan fingerprint density at radius 3 is 2.65 bits per heavy atom. The van der Waals surface area contributed by atoms with Crippen LogP contribution in [0.25, 0.3) is 0 Å². The van der Waals surface area contributed by atoms with Gasteiger partial charge in [-0.25, -0.2) is 9.78 Å². The number of nitrogens with zero attached hydrogens (tertiary/aromatic N) is 1. The van der Waals surface area contributed by atoms with E-state index < -0.39 is 5.97 Å². The maximum absolute atomic E-state index is 10.9. The minimum Gasteiger partial charge on any atom is -0.497 e. The topological polar surface area (TPSA) is 68.7 Å². The van der Waals surface area contributed by atoms with Gasteiger partial charge in [0, 0.05) is 0 Å². The Balaban J connectivity index is 1.78. The van der Waals surface area contributed by atoms with Crippen molar-refractivity contribution in [1.82, 2.24) is 4.98 Å². The molecule has 1 heterocycles. The average molecular weight is 293 g/mol. The molecule has 0 atom stereocenters. The standard InChI is InChI=1S/C14H15NO4S/c1-18-10-4-6-11(7-5-10)19-8-2-3-12-13(14(16)17)20-9-15-12/h4-7,9H,2-3,8H2,1H3,(H,16,17). The van der Waals surface area contributed by atoms with E-state index in [2.05, 4.69) is 4.98 Å². The van der Waals surface area contributed by atoms with Gasteiger partial charge in [-0.1, -0.05) is 0 Å². The predicted octanol–water partition coefficient (Wildman–Crippen LogP) is 2.86. The number of carbonyl (C=O) groups is 1. The Bertz CT molecular complexity index is 565. The summed E-state index contributed by atoms with van der Waals surface area (Å²) in [4.78, 5) is 15.3. The third-order valence-corrected chi connectivity index (χ3v) is 3.58. The summed E-state index contributed by atoms with van der Waals surface area (Å²) in [6.45, 7) is 0.517. The highest BCUT2D eigenvalue weighted by Gasteiger charge is 2.12. The number of carboxylic acid groups (broad SMARTS) is 1. The number of carboxylic acids is 1. The van der Waals surface area contributed by atoms with Crippen LogP contribution in [-0.2, 0) is 6.42 Å². The van der Waals surface area contributed by atoms with Crippen LogP contribution in [0.15, 0.2) is 29.8 Å². The van der Waals surface area contributed by atoms with Gasteiger partial charge >= 0.3 is 5.97 Å². The van der Waals surface area contributed by atoms with Crippen molar-refractivity contribution in [3.05, 3.63) is 40.3 Å². The van der Waals surface area contributed by atoms with Crippen LogP contribution < -0.4 is 9.47 Å². The van der Waals surface area contributed by atoms with Crippen LogP contribution in [0.3, 0.4) is 0 Å². The molecule has 0 saturated carbocycles. The molecule has 0 aliphatic heterocycles. The molecule has 1 N–H and O–H groups in total. The first kappa shape index (κ1) is 14.3. The van der Waals surface area contributed by atoms with E-state index in [1.165, 1.54) is 0 Å². The molecular formula is C14H15NO4S. The lowest BCUT2D eigenvalue weighted by molar-refractivity contribution is 0.0700. The van der Waals surface area contributed by atoms with Crippen LogP contribution >= 0.6 is 11.3 Å². The summed E-state index contributed by atoms with van der Waals surface area (Å²) in [5.41, 5.74) is 2.18. The maximum Gasteiger partial charge on any atom is 0.347 e. The fourth-order valence-corrected chi connectivity index (χ4v) is 2.40. The number of ether oxygens (including phenoxy) is 2. The van der Waals surface area contributed by atoms with Crippen molar-refractivity contribution in [2.24, 2.45) is 0 Å². The van der Waals surface area contributed by atoms with Crippen molar-refractivity contribution in [1.29, 1.82) is 0 Å². The summed E-state index contributed by atoms with van der Waals surface area (Å²) in [5.74, 6) is 0.632. The number of aromatic carboxylic acids is 1. The van der Waals surface area contributed by atoms with Crippen molar-refractivity contribution in [2.75, 3.05) is 13.7 Å². The Labute approximate surface area is 120 Å². The number of hydrogen-bond donors (Lipinski definition) is 1. The Morgan fingerprint density at radius 2 is 2.00 bits per heavy atom. The summed E-state index contributed by atoms with van der Waals surface area (Å²) >= 11 is 1.15. The molecule has 6 heteroatoms. The van der Waals surface area contributed by atoms with E-state index in [0.717, 1.165) is 29.3 Å². The molecule has 0 spiro atoms. The quantitative estimate of drug-likeness (QED) is 0.795. The van der Waals surface area contributed by atoms with Gasteiger partial charge in [-0.2, -0.15) is 0 Å². The van der Waals surface area contributed by atoms with Gasteiger partial charge in [-0.05, 0) is 37.1 Å². The molecule has 106 valence electrons. The molecule has 1 aromatic heterocycles. The van der Waals surface area contributed by atoms with Crippen molar-refractivity contribution in [3.8, 4) is 11.5 Å². The molecule has 2 rings (SSSR count). The molecule has 20 heavy (non-hydrogen) atoms. The van der Waals surface area contributed by atoms with Crippen molar-refractivity contribution in [2.45, 2.75) is 12.8 Å². The van der Waals surface area contributed by atoms with Crippen molar-refractivity contribution < 1.29 is 19.4 Å². The van der Waals surface area contributed by atoms with E-state index in [1.54, 1.807) is 12.6 Å². The summed E-state index contributed by atoms with van der Waals surface area (Å²) in [6.07, 6.45) is 1.32. The number of benzene rings is 1. The summed E-state index contributed by atoms with van der Waals surface area (Å²) < 4.78 is 10.6. The molecule has 0 aliphatic rings. The van der Waals surface area contributed by atoms with E-state index >= 15 is 0 Å². The third-order valence-electron chi connectivity index (χ3n) is 2.72. The summed E-state index contributed by atoms with van der Waals surface area (Å²) in [5, 5.41) is 8.97. The molecule has 1 aromatic carbocycles. The SMILES string of the molecule is COc1ccc(OCCCc2ncsc2C(=O)O)cc1. The molecule has 0 bridgehead atoms. The maximum atomic E-state index is 10.9. The highest BCUT2D eigenvalue weighted by Crippen LogP contribution is 2.18. The largest absolute Gasteiger partial charge is 0.497 e. The fraction of sp³-hybridized carbons (Fsp3) is 0.286. The van der Waals surface area contributed by atoms with Crippen LogP contribution in [0, 0.1) is 0 Å². The zero-order chi connectivity index (χ0) is 14.4. The Morgan fingerprint density at radius 1 is 1.30 bits per heavy atom. The molecule has 0 radical (unpaired) electrons. The average Bonchev–Trinajstić information content (AvgIpc) is 2.93. The Kier molecular flexibility index (Phi) is 4.95. The van der Waals surface area contributed by atoms with E-state index in [4.69, 9.17) is 14.6 Å². The first-order valence-electron chi connectivity index (χ1n) is 6.13. The van der Waals surface area contributed by atoms with Gasteiger partial charge in [0.2, 0.25) is 0 Å². The molecule has 2 aromatic rings. The lowest BCUT2D eigenvalue weighted by atomic mass is 10.2. The molecule has 5 nitrogen and oxygen atoms in total. The number of hydrogen-bond acceptors (Lipinski definition) is 5. The molecule has 0 amide bonds. The number of thiazole rings is 1. The lowest BCUT2D eigenvalue weighted by Gasteiger charge is -2.06. The third kappa shape index (κ3) is 3.71. The second kappa shape index (κ2) is 6.91. The van der Waals surface area contributed by atoms with Gasteiger partial charge in [0.15, 0.2) is 0 Å². The van der Waals surface area contributed by atoms with E-state index in [1.807, 2.05) is 24.3 Å². The zero-order valence-electron chi connectivity index (χ0n) is 11.0. The van der Waals surface area contributed by atoms with Gasteiger partial charge in [-0.3, -0.25) is 0 Å². The second-order valence-corrected chi connectivity index (χ2v) is 4.92. The van der Waals surface area contributed by atoms with E-state index in [-0.39, 0.29) is 0 Å². The zero-order valence-corrected chi connectivity index (χ0v) is 11.9. The number of aryl methyl sites for hydroxylation is 1. The van der Waals surface area contributed by atoms with Crippen molar-refractivity contribution in [3.63, 3.8) is 0 Å². The monoisotopic (exact) mass is 293 g/mol.